The second-order valence-corrected chi connectivity index (χ2v) is 5.35. The van der Waals surface area contributed by atoms with Gasteiger partial charge in [0.05, 0.1) is 11.4 Å². The van der Waals surface area contributed by atoms with Gasteiger partial charge in [0.25, 0.3) is 0 Å². The van der Waals surface area contributed by atoms with Gasteiger partial charge in [-0.25, -0.2) is 9.78 Å². The van der Waals surface area contributed by atoms with Gasteiger partial charge in [-0.2, -0.15) is 0 Å². The van der Waals surface area contributed by atoms with Crippen LogP contribution < -0.4 is 0 Å². The molecular weight excluding hydrogens is 300 g/mol. The molecule has 1 N–H and O–H groups in total. The zero-order valence-corrected chi connectivity index (χ0v) is 12.6. The highest BCUT2D eigenvalue weighted by atomic mass is 35.5. The molecule has 2 heterocycles. The van der Waals surface area contributed by atoms with Crippen molar-refractivity contribution in [2.24, 2.45) is 0 Å². The number of halogens is 1. The molecule has 0 saturated carbocycles. The van der Waals surface area contributed by atoms with Crippen molar-refractivity contribution < 1.29 is 9.90 Å². The van der Waals surface area contributed by atoms with Crippen LogP contribution in [0.25, 0.3) is 23.0 Å². The number of hydrogen-bond acceptors (Lipinski definition) is 2. The third-order valence-corrected chi connectivity index (χ3v) is 3.64. The van der Waals surface area contributed by atoms with E-state index in [1.165, 1.54) is 0 Å². The Kier molecular flexibility index (Phi) is 3.69. The highest BCUT2D eigenvalue weighted by molar-refractivity contribution is 6.30. The first-order chi connectivity index (χ1) is 10.6. The van der Waals surface area contributed by atoms with E-state index in [0.29, 0.717) is 5.02 Å². The average molecular weight is 313 g/mol. The predicted molar refractivity (Wildman–Crippen MR) is 87.0 cm³/mol. The number of pyridine rings is 1. The quantitative estimate of drug-likeness (QED) is 0.742. The van der Waals surface area contributed by atoms with Gasteiger partial charge < -0.3 is 5.11 Å². The number of aliphatic carboxylic acids is 1. The second-order valence-electron chi connectivity index (χ2n) is 4.91. The number of imidazole rings is 1. The van der Waals surface area contributed by atoms with Crippen LogP contribution >= 0.6 is 11.6 Å². The number of aromatic nitrogens is 2. The maximum Gasteiger partial charge on any atom is 0.328 e. The Hall–Kier alpha value is -2.59. The van der Waals surface area contributed by atoms with Gasteiger partial charge in [0.2, 0.25) is 0 Å². The molecule has 4 nitrogen and oxygen atoms in total. The van der Waals surface area contributed by atoms with Gasteiger partial charge in [-0.3, -0.25) is 4.40 Å². The molecule has 0 amide bonds. The number of hydrogen-bond donors (Lipinski definition) is 1. The summed E-state index contributed by atoms with van der Waals surface area (Å²) < 4.78 is 1.89. The van der Waals surface area contributed by atoms with Gasteiger partial charge in [0.1, 0.15) is 5.65 Å². The normalized spacial score (nSPS) is 11.4. The van der Waals surface area contributed by atoms with Crippen LogP contribution in [-0.2, 0) is 4.79 Å². The molecular formula is C17H13ClN2O2. The van der Waals surface area contributed by atoms with Crippen LogP contribution in [0.2, 0.25) is 5.02 Å². The molecule has 0 aliphatic rings. The minimum absolute atomic E-state index is 0.645. The summed E-state index contributed by atoms with van der Waals surface area (Å²) in [6.45, 7) is 1.97. The van der Waals surface area contributed by atoms with E-state index >= 15 is 0 Å². The minimum atomic E-state index is -0.996. The van der Waals surface area contributed by atoms with Crippen LogP contribution in [0.15, 0.2) is 48.7 Å². The van der Waals surface area contributed by atoms with E-state index in [2.05, 4.69) is 4.98 Å². The van der Waals surface area contributed by atoms with Crippen molar-refractivity contribution in [2.45, 2.75) is 6.92 Å². The van der Waals surface area contributed by atoms with Crippen LogP contribution in [0.1, 0.15) is 11.3 Å². The SMILES string of the molecule is Cc1cccn2c(/C=C/C(=O)O)c(-c3ccc(Cl)cc3)nc12. The van der Waals surface area contributed by atoms with E-state index in [9.17, 15) is 4.79 Å². The molecule has 3 rings (SSSR count). The van der Waals surface area contributed by atoms with Crippen LogP contribution in [-0.4, -0.2) is 20.5 Å². The first-order valence-corrected chi connectivity index (χ1v) is 7.08. The van der Waals surface area contributed by atoms with E-state index in [1.807, 2.05) is 41.8 Å². The summed E-state index contributed by atoms with van der Waals surface area (Å²) in [5.74, 6) is -0.996. The molecule has 22 heavy (non-hydrogen) atoms. The molecule has 0 aliphatic heterocycles. The Balaban J connectivity index is 2.28. The molecule has 0 aliphatic carbocycles. The summed E-state index contributed by atoms with van der Waals surface area (Å²) >= 11 is 5.93. The van der Waals surface area contributed by atoms with Crippen LogP contribution in [0.5, 0.6) is 0 Å². The topological polar surface area (TPSA) is 54.6 Å². The number of carbonyl (C=O) groups is 1. The van der Waals surface area contributed by atoms with Gasteiger partial charge in [-0.05, 0) is 36.8 Å². The summed E-state index contributed by atoms with van der Waals surface area (Å²) in [5.41, 5.74) is 4.16. The van der Waals surface area contributed by atoms with Crippen LogP contribution in [0, 0.1) is 6.92 Å². The average Bonchev–Trinajstić information content (AvgIpc) is 2.86. The van der Waals surface area contributed by atoms with Crippen molar-refractivity contribution in [1.29, 1.82) is 0 Å². The summed E-state index contributed by atoms with van der Waals surface area (Å²) in [6, 6.07) is 11.2. The number of benzene rings is 1. The lowest BCUT2D eigenvalue weighted by molar-refractivity contribution is -0.131. The molecule has 0 spiro atoms. The second kappa shape index (κ2) is 5.66. The van der Waals surface area contributed by atoms with Gasteiger partial charge in [0.15, 0.2) is 0 Å². The maximum absolute atomic E-state index is 10.9. The van der Waals surface area contributed by atoms with Crippen molar-refractivity contribution in [3.8, 4) is 11.3 Å². The Morgan fingerprint density at radius 3 is 2.68 bits per heavy atom. The van der Waals surface area contributed by atoms with Gasteiger partial charge in [0, 0.05) is 22.9 Å². The molecule has 0 atom stereocenters. The molecule has 0 unspecified atom stereocenters. The largest absolute Gasteiger partial charge is 0.478 e. The number of carboxylic acid groups (broad SMARTS) is 1. The van der Waals surface area contributed by atoms with Gasteiger partial charge >= 0.3 is 5.97 Å². The molecule has 0 bridgehead atoms. The highest BCUT2D eigenvalue weighted by Gasteiger charge is 2.13. The number of carboxylic acids is 1. The summed E-state index contributed by atoms with van der Waals surface area (Å²) in [7, 11) is 0. The molecule has 0 fully saturated rings. The molecule has 0 radical (unpaired) electrons. The number of fused-ring (bicyclic) bond motifs is 1. The third-order valence-electron chi connectivity index (χ3n) is 3.38. The van der Waals surface area contributed by atoms with Crippen molar-refractivity contribution in [3.63, 3.8) is 0 Å². The van der Waals surface area contributed by atoms with Crippen molar-refractivity contribution >= 4 is 29.3 Å². The van der Waals surface area contributed by atoms with Crippen molar-refractivity contribution in [1.82, 2.24) is 9.38 Å². The molecule has 3 aromatic rings. The Morgan fingerprint density at radius 1 is 1.27 bits per heavy atom. The van der Waals surface area contributed by atoms with Crippen molar-refractivity contribution in [3.05, 3.63) is 65.0 Å². The standard InChI is InChI=1S/C17H13ClN2O2/c1-11-3-2-10-20-14(8-9-15(21)22)16(19-17(11)20)12-4-6-13(18)7-5-12/h2-10H,1H3,(H,21,22)/b9-8+. The van der Waals surface area contributed by atoms with E-state index < -0.39 is 5.97 Å². The van der Waals surface area contributed by atoms with E-state index in [4.69, 9.17) is 16.7 Å². The number of nitrogens with zero attached hydrogens (tertiary/aromatic N) is 2. The smallest absolute Gasteiger partial charge is 0.328 e. The van der Waals surface area contributed by atoms with E-state index in [-0.39, 0.29) is 0 Å². The van der Waals surface area contributed by atoms with E-state index in [1.54, 1.807) is 18.2 Å². The van der Waals surface area contributed by atoms with E-state index in [0.717, 1.165) is 34.2 Å². The first-order valence-electron chi connectivity index (χ1n) is 6.71. The fourth-order valence-electron chi connectivity index (χ4n) is 2.35. The summed E-state index contributed by atoms with van der Waals surface area (Å²) in [5, 5.41) is 9.55. The third kappa shape index (κ3) is 2.61. The summed E-state index contributed by atoms with van der Waals surface area (Å²) in [4.78, 5) is 15.5. The molecule has 1 aromatic carbocycles. The zero-order chi connectivity index (χ0) is 15.7. The predicted octanol–water partition coefficient (Wildman–Crippen LogP) is 4.06. The zero-order valence-electron chi connectivity index (χ0n) is 11.8. The number of rotatable bonds is 3. The van der Waals surface area contributed by atoms with Gasteiger partial charge in [-0.15, -0.1) is 0 Å². The van der Waals surface area contributed by atoms with Crippen LogP contribution in [0.4, 0.5) is 0 Å². The lowest BCUT2D eigenvalue weighted by Gasteiger charge is -2.01. The summed E-state index contributed by atoms with van der Waals surface area (Å²) in [6.07, 6.45) is 4.55. The Bertz CT molecular complexity index is 880. The highest BCUT2D eigenvalue weighted by Crippen LogP contribution is 2.27. The minimum Gasteiger partial charge on any atom is -0.478 e. The Labute approximate surface area is 132 Å². The molecule has 2 aromatic heterocycles. The fourth-order valence-corrected chi connectivity index (χ4v) is 2.48. The Morgan fingerprint density at radius 2 is 2.00 bits per heavy atom. The fraction of sp³-hybridized carbons (Fsp3) is 0.0588. The maximum atomic E-state index is 10.9. The van der Waals surface area contributed by atoms with Gasteiger partial charge in [-0.1, -0.05) is 29.8 Å². The lowest BCUT2D eigenvalue weighted by atomic mass is 10.1. The molecule has 5 heteroatoms. The van der Waals surface area contributed by atoms with Crippen molar-refractivity contribution in [2.75, 3.05) is 0 Å². The van der Waals surface area contributed by atoms with Crippen LogP contribution in [0.3, 0.4) is 0 Å². The monoisotopic (exact) mass is 312 g/mol. The number of aryl methyl sites for hydroxylation is 1. The first kappa shape index (κ1) is 14.4. The molecule has 110 valence electrons. The lowest BCUT2D eigenvalue weighted by Crippen LogP contribution is -1.91. The molecule has 0 saturated heterocycles.